The zero-order valence-corrected chi connectivity index (χ0v) is 12.3. The number of ether oxygens (including phenoxy) is 1. The fraction of sp³-hybridized carbons (Fsp3) is 0.133. The lowest BCUT2D eigenvalue weighted by Gasteiger charge is -2.14. The van der Waals surface area contributed by atoms with Crippen LogP contribution in [0.3, 0.4) is 0 Å². The van der Waals surface area contributed by atoms with Crippen LogP contribution in [0, 0.1) is 0 Å². The van der Waals surface area contributed by atoms with E-state index in [2.05, 4.69) is 4.74 Å². The van der Waals surface area contributed by atoms with Crippen LogP contribution in [0.5, 0.6) is 23.0 Å². The Morgan fingerprint density at radius 1 is 0.769 bits per heavy atom. The van der Waals surface area contributed by atoms with E-state index >= 15 is 0 Å². The number of hydrogen-bond acceptors (Lipinski definition) is 5. The SMILES string of the molecule is O=C(Oc1cc(C(F)(F)F)cc(C(F)(F)F)c1)c1cc(O)c(O)c(O)c1. The van der Waals surface area contributed by atoms with Crippen molar-refractivity contribution in [3.05, 3.63) is 47.0 Å². The minimum absolute atomic E-state index is 0.143. The highest BCUT2D eigenvalue weighted by atomic mass is 19.4. The van der Waals surface area contributed by atoms with Gasteiger partial charge in [0.15, 0.2) is 17.2 Å². The molecule has 0 saturated heterocycles. The van der Waals surface area contributed by atoms with Crippen LogP contribution in [-0.4, -0.2) is 21.3 Å². The smallest absolute Gasteiger partial charge is 0.416 e. The Hall–Kier alpha value is -3.11. The molecule has 2 rings (SSSR count). The number of aromatic hydroxyl groups is 3. The van der Waals surface area contributed by atoms with Gasteiger partial charge in [-0.1, -0.05) is 0 Å². The maximum atomic E-state index is 12.7. The Morgan fingerprint density at radius 3 is 1.58 bits per heavy atom. The molecule has 0 spiro atoms. The predicted octanol–water partition coefficient (Wildman–Crippen LogP) is 4.06. The van der Waals surface area contributed by atoms with Crippen LogP contribution in [0.1, 0.15) is 21.5 Å². The van der Waals surface area contributed by atoms with Crippen LogP contribution in [0.25, 0.3) is 0 Å². The first-order chi connectivity index (χ1) is 11.8. The van der Waals surface area contributed by atoms with Gasteiger partial charge >= 0.3 is 18.3 Å². The predicted molar refractivity (Wildman–Crippen MR) is 72.8 cm³/mol. The first-order valence-corrected chi connectivity index (χ1v) is 6.55. The Labute approximate surface area is 140 Å². The van der Waals surface area contributed by atoms with E-state index in [9.17, 15) is 41.4 Å². The molecule has 0 bridgehead atoms. The number of halogens is 6. The molecule has 2 aromatic carbocycles. The number of phenolic OH excluding ortho intramolecular Hbond substituents is 3. The summed E-state index contributed by atoms with van der Waals surface area (Å²) in [5, 5.41) is 27.7. The van der Waals surface area contributed by atoms with E-state index in [4.69, 9.17) is 5.11 Å². The first kappa shape index (κ1) is 19.2. The molecule has 0 radical (unpaired) electrons. The Balaban J connectivity index is 2.44. The standard InChI is InChI=1S/C15H8F6O5/c16-14(17,18)7-3-8(15(19,20)21)5-9(4-7)26-13(25)6-1-10(22)12(24)11(23)2-6/h1-5,22-24H. The second-order valence-corrected chi connectivity index (χ2v) is 4.99. The van der Waals surface area contributed by atoms with E-state index in [0.29, 0.717) is 12.1 Å². The zero-order chi connectivity index (χ0) is 19.9. The molecule has 0 aliphatic rings. The number of carbonyl (C=O) groups is 1. The fourth-order valence-corrected chi connectivity index (χ4v) is 1.87. The number of hydrogen-bond donors (Lipinski definition) is 3. The topological polar surface area (TPSA) is 87.0 Å². The lowest BCUT2D eigenvalue weighted by Crippen LogP contribution is -2.13. The molecule has 0 fully saturated rings. The van der Waals surface area contributed by atoms with Crippen molar-refractivity contribution in [1.29, 1.82) is 0 Å². The summed E-state index contributed by atoms with van der Waals surface area (Å²) in [4.78, 5) is 11.9. The highest BCUT2D eigenvalue weighted by Crippen LogP contribution is 2.39. The molecular formula is C15H8F6O5. The van der Waals surface area contributed by atoms with Crippen LogP contribution in [0.2, 0.25) is 0 Å². The van der Waals surface area contributed by atoms with Gasteiger partial charge in [0, 0.05) is 0 Å². The Morgan fingerprint density at radius 2 is 1.19 bits per heavy atom. The number of benzene rings is 2. The van der Waals surface area contributed by atoms with Crippen molar-refractivity contribution in [3.63, 3.8) is 0 Å². The van der Waals surface area contributed by atoms with E-state index in [0.717, 1.165) is 0 Å². The summed E-state index contributed by atoms with van der Waals surface area (Å²) in [7, 11) is 0. The molecule has 0 unspecified atom stereocenters. The van der Waals surface area contributed by atoms with Gasteiger partial charge in [0.25, 0.3) is 0 Å². The van der Waals surface area contributed by atoms with Crippen molar-refractivity contribution in [2.24, 2.45) is 0 Å². The van der Waals surface area contributed by atoms with Crippen LogP contribution >= 0.6 is 0 Å². The lowest BCUT2D eigenvalue weighted by molar-refractivity contribution is -0.143. The fourth-order valence-electron chi connectivity index (χ4n) is 1.87. The summed E-state index contributed by atoms with van der Waals surface area (Å²) in [6.45, 7) is 0. The average Bonchev–Trinajstić information content (AvgIpc) is 2.50. The average molecular weight is 382 g/mol. The molecule has 0 aliphatic carbocycles. The van der Waals surface area contributed by atoms with E-state index in [1.54, 1.807) is 0 Å². The van der Waals surface area contributed by atoms with Gasteiger partial charge in [-0.15, -0.1) is 0 Å². The first-order valence-electron chi connectivity index (χ1n) is 6.55. The molecule has 5 nitrogen and oxygen atoms in total. The molecule has 0 saturated carbocycles. The Bertz CT molecular complexity index is 801. The van der Waals surface area contributed by atoms with Crippen LogP contribution < -0.4 is 4.74 Å². The maximum Gasteiger partial charge on any atom is 0.416 e. The molecule has 0 aromatic heterocycles. The number of rotatable bonds is 2. The minimum Gasteiger partial charge on any atom is -0.504 e. The van der Waals surface area contributed by atoms with E-state index in [1.165, 1.54) is 0 Å². The maximum absolute atomic E-state index is 12.7. The molecule has 3 N–H and O–H groups in total. The van der Waals surface area contributed by atoms with Crippen molar-refractivity contribution in [3.8, 4) is 23.0 Å². The van der Waals surface area contributed by atoms with E-state index in [-0.39, 0.29) is 18.2 Å². The third kappa shape index (κ3) is 4.10. The van der Waals surface area contributed by atoms with E-state index in [1.807, 2.05) is 0 Å². The van der Waals surface area contributed by atoms with Gasteiger partial charge in [-0.25, -0.2) is 4.79 Å². The van der Waals surface area contributed by atoms with Gasteiger partial charge in [0.2, 0.25) is 0 Å². The molecule has 0 aliphatic heterocycles. The molecule has 0 amide bonds. The summed E-state index contributed by atoms with van der Waals surface area (Å²) in [5.41, 5.74) is -4.00. The third-order valence-corrected chi connectivity index (χ3v) is 3.08. The van der Waals surface area contributed by atoms with Gasteiger partial charge in [0.1, 0.15) is 5.75 Å². The van der Waals surface area contributed by atoms with Gasteiger partial charge in [-0.3, -0.25) is 0 Å². The number of phenols is 3. The molecule has 11 heteroatoms. The normalized spacial score (nSPS) is 12.1. The summed E-state index contributed by atoms with van der Waals surface area (Å²) in [6, 6.07) is 1.45. The molecule has 0 heterocycles. The lowest BCUT2D eigenvalue weighted by atomic mass is 10.1. The van der Waals surface area contributed by atoms with Gasteiger partial charge in [-0.2, -0.15) is 26.3 Å². The molecule has 26 heavy (non-hydrogen) atoms. The largest absolute Gasteiger partial charge is 0.504 e. The van der Waals surface area contributed by atoms with Crippen molar-refractivity contribution in [2.45, 2.75) is 12.4 Å². The van der Waals surface area contributed by atoms with Gasteiger partial charge in [-0.05, 0) is 30.3 Å². The second kappa shape index (κ2) is 6.32. The van der Waals surface area contributed by atoms with Gasteiger partial charge in [0.05, 0.1) is 16.7 Å². The Kier molecular flexibility index (Phi) is 4.67. The monoisotopic (exact) mass is 382 g/mol. The number of carbonyl (C=O) groups excluding carboxylic acids is 1. The molecule has 140 valence electrons. The minimum atomic E-state index is -5.13. The van der Waals surface area contributed by atoms with Crippen molar-refractivity contribution >= 4 is 5.97 Å². The third-order valence-electron chi connectivity index (χ3n) is 3.08. The van der Waals surface area contributed by atoms with Crippen molar-refractivity contribution in [1.82, 2.24) is 0 Å². The second-order valence-electron chi connectivity index (χ2n) is 4.99. The van der Waals surface area contributed by atoms with Crippen LogP contribution in [0.15, 0.2) is 30.3 Å². The zero-order valence-electron chi connectivity index (χ0n) is 12.3. The number of esters is 1. The summed E-state index contributed by atoms with van der Waals surface area (Å²) < 4.78 is 80.9. The molecule has 0 atom stereocenters. The van der Waals surface area contributed by atoms with Crippen LogP contribution in [-0.2, 0) is 12.4 Å². The van der Waals surface area contributed by atoms with E-state index < -0.39 is 58.0 Å². The quantitative estimate of drug-likeness (QED) is 0.316. The molecular weight excluding hydrogens is 374 g/mol. The van der Waals surface area contributed by atoms with Crippen molar-refractivity contribution < 1.29 is 51.2 Å². The summed E-state index contributed by atoms with van der Waals surface area (Å²) in [5.74, 6) is -5.39. The summed E-state index contributed by atoms with van der Waals surface area (Å²) >= 11 is 0. The number of alkyl halides is 6. The van der Waals surface area contributed by atoms with Crippen molar-refractivity contribution in [2.75, 3.05) is 0 Å². The van der Waals surface area contributed by atoms with Crippen LogP contribution in [0.4, 0.5) is 26.3 Å². The highest BCUT2D eigenvalue weighted by molar-refractivity contribution is 5.92. The highest BCUT2D eigenvalue weighted by Gasteiger charge is 2.37. The van der Waals surface area contributed by atoms with Gasteiger partial charge < -0.3 is 20.1 Å². The molecule has 2 aromatic rings. The summed E-state index contributed by atoms with van der Waals surface area (Å²) in [6.07, 6.45) is -10.3.